The summed E-state index contributed by atoms with van der Waals surface area (Å²) < 4.78 is 20.9. The minimum absolute atomic E-state index is 0.298. The fourth-order valence-corrected chi connectivity index (χ4v) is 5.57. The Balaban J connectivity index is 1.51. The van der Waals surface area contributed by atoms with E-state index in [2.05, 4.69) is 52.6 Å². The molecule has 0 saturated carbocycles. The number of nitrogens with zero attached hydrogens (tertiary/aromatic N) is 3. The van der Waals surface area contributed by atoms with Crippen molar-refractivity contribution in [3.63, 3.8) is 0 Å². The summed E-state index contributed by atoms with van der Waals surface area (Å²) in [4.78, 5) is 18.2. The van der Waals surface area contributed by atoms with Gasteiger partial charge in [0.25, 0.3) is 5.91 Å². The lowest BCUT2D eigenvalue weighted by Gasteiger charge is -2.29. The largest absolute Gasteiger partial charge is 0.493 e. The van der Waals surface area contributed by atoms with Gasteiger partial charge in [-0.1, -0.05) is 40.2 Å². The smallest absolute Gasteiger partial charge is 0.255 e. The second-order valence-electron chi connectivity index (χ2n) is 8.93. The van der Waals surface area contributed by atoms with Gasteiger partial charge in [-0.05, 0) is 77.3 Å². The third kappa shape index (κ3) is 5.71. The molecule has 1 atom stereocenters. The second-order valence-corrected chi connectivity index (χ2v) is 10.7. The molecule has 0 bridgehead atoms. The summed E-state index contributed by atoms with van der Waals surface area (Å²) in [5, 5.41) is 10.7. The number of allylic oxidation sites excluding steroid dienone is 1. The second kappa shape index (κ2) is 12.1. The van der Waals surface area contributed by atoms with Crippen molar-refractivity contribution in [3.05, 3.63) is 98.3 Å². The van der Waals surface area contributed by atoms with Crippen molar-refractivity contribution in [2.75, 3.05) is 24.4 Å². The average molecular weight is 669 g/mol. The highest BCUT2D eigenvalue weighted by molar-refractivity contribution is 9.10. The zero-order chi connectivity index (χ0) is 28.2. The van der Waals surface area contributed by atoms with Crippen molar-refractivity contribution < 1.29 is 19.0 Å². The number of rotatable bonds is 9. The van der Waals surface area contributed by atoms with Crippen LogP contribution in [0.2, 0.25) is 0 Å². The van der Waals surface area contributed by atoms with E-state index in [4.69, 9.17) is 14.2 Å². The van der Waals surface area contributed by atoms with Gasteiger partial charge in [0, 0.05) is 10.2 Å². The number of anilines is 2. The summed E-state index contributed by atoms with van der Waals surface area (Å²) in [6.07, 6.45) is 1.45. The van der Waals surface area contributed by atoms with Crippen LogP contribution < -0.4 is 24.8 Å². The molecular formula is C29H27Br2N5O4. The van der Waals surface area contributed by atoms with Crippen molar-refractivity contribution in [3.8, 4) is 17.2 Å². The first-order valence-corrected chi connectivity index (χ1v) is 14.1. The molecule has 2 N–H and O–H groups in total. The Labute approximate surface area is 248 Å². The normalized spacial score (nSPS) is 14.3. The lowest BCUT2D eigenvalue weighted by molar-refractivity contribution is -0.113. The zero-order valence-corrected chi connectivity index (χ0v) is 25.2. The highest BCUT2D eigenvalue weighted by atomic mass is 79.9. The third-order valence-electron chi connectivity index (χ3n) is 6.31. The van der Waals surface area contributed by atoms with Gasteiger partial charge in [0.15, 0.2) is 11.5 Å². The number of ether oxygens (including phenoxy) is 3. The van der Waals surface area contributed by atoms with Gasteiger partial charge in [-0.15, -0.1) is 0 Å². The fraction of sp³-hybridized carbons (Fsp3) is 0.207. The van der Waals surface area contributed by atoms with Crippen molar-refractivity contribution in [1.82, 2.24) is 14.8 Å². The molecular weight excluding hydrogens is 642 g/mol. The van der Waals surface area contributed by atoms with E-state index in [1.165, 1.54) is 6.33 Å². The van der Waals surface area contributed by atoms with Crippen LogP contribution in [0.15, 0.2) is 87.2 Å². The van der Waals surface area contributed by atoms with Crippen LogP contribution in [0.4, 0.5) is 11.6 Å². The Kier molecular flexibility index (Phi) is 8.41. The Hall–Kier alpha value is -3.83. The number of aromatic nitrogens is 3. The zero-order valence-electron chi connectivity index (χ0n) is 22.1. The van der Waals surface area contributed by atoms with E-state index in [-0.39, 0.29) is 5.91 Å². The molecule has 1 amide bonds. The lowest BCUT2D eigenvalue weighted by atomic mass is 9.94. The van der Waals surface area contributed by atoms with Crippen molar-refractivity contribution in [1.29, 1.82) is 0 Å². The molecule has 1 unspecified atom stereocenters. The number of hydrogen-bond donors (Lipinski definition) is 2. The van der Waals surface area contributed by atoms with Crippen LogP contribution in [-0.2, 0) is 11.4 Å². The predicted molar refractivity (Wildman–Crippen MR) is 160 cm³/mol. The summed E-state index contributed by atoms with van der Waals surface area (Å²) in [7, 11) is 1.58. The average Bonchev–Trinajstić information content (AvgIpc) is 3.40. The molecule has 4 aromatic rings. The standard InChI is InChI=1S/C29H27Br2N5O4/c1-4-39-23-11-6-5-10-22(23)35-28(37)25-17(2)34-29-32-16-33-36(29)26(25)19-13-21(31)27(24(14-19)38-3)40-15-18-8-7-9-20(30)12-18/h5-14,16,26H,4,15H2,1-3H3,(H,35,37)(H,32,33,34). The maximum Gasteiger partial charge on any atom is 0.255 e. The summed E-state index contributed by atoms with van der Waals surface area (Å²) in [5.74, 6) is 1.89. The first kappa shape index (κ1) is 27.7. The van der Waals surface area contributed by atoms with E-state index in [9.17, 15) is 4.79 Å². The summed E-state index contributed by atoms with van der Waals surface area (Å²) in [6, 6.07) is 18.4. The Morgan fingerprint density at radius 2 is 1.90 bits per heavy atom. The number of hydrogen-bond acceptors (Lipinski definition) is 7. The highest BCUT2D eigenvalue weighted by Gasteiger charge is 2.35. The topological polar surface area (TPSA) is 99.5 Å². The van der Waals surface area contributed by atoms with Crippen molar-refractivity contribution in [2.24, 2.45) is 0 Å². The lowest BCUT2D eigenvalue weighted by Crippen LogP contribution is -2.31. The minimum Gasteiger partial charge on any atom is -0.493 e. The van der Waals surface area contributed by atoms with Crippen molar-refractivity contribution >= 4 is 49.4 Å². The summed E-state index contributed by atoms with van der Waals surface area (Å²) in [6.45, 7) is 4.57. The van der Waals surface area contributed by atoms with Crippen molar-refractivity contribution in [2.45, 2.75) is 26.5 Å². The van der Waals surface area contributed by atoms with E-state index in [1.807, 2.05) is 74.5 Å². The molecule has 206 valence electrons. The quantitative estimate of drug-likeness (QED) is 0.204. The van der Waals surface area contributed by atoms with E-state index in [1.54, 1.807) is 11.8 Å². The van der Waals surface area contributed by atoms with Crippen LogP contribution in [0.5, 0.6) is 17.2 Å². The van der Waals surface area contributed by atoms with E-state index >= 15 is 0 Å². The number of benzene rings is 3. The number of fused-ring (bicyclic) bond motifs is 1. The van der Waals surface area contributed by atoms with Crippen LogP contribution in [0.1, 0.15) is 31.0 Å². The van der Waals surface area contributed by atoms with E-state index < -0.39 is 6.04 Å². The number of carbonyl (C=O) groups excluding carboxylic acids is 1. The Bertz CT molecular complexity index is 1590. The number of para-hydroxylation sites is 2. The first-order chi connectivity index (χ1) is 19.4. The number of halogens is 2. The molecule has 0 spiro atoms. The van der Waals surface area contributed by atoms with Gasteiger partial charge in [-0.2, -0.15) is 10.1 Å². The van der Waals surface area contributed by atoms with Crippen LogP contribution in [0.25, 0.3) is 0 Å². The number of methoxy groups -OCH3 is 1. The van der Waals surface area contributed by atoms with Gasteiger partial charge in [-0.3, -0.25) is 4.79 Å². The molecule has 11 heteroatoms. The monoisotopic (exact) mass is 667 g/mol. The van der Waals surface area contributed by atoms with Crippen LogP contribution in [0.3, 0.4) is 0 Å². The molecule has 2 heterocycles. The molecule has 5 rings (SSSR count). The number of carbonyl (C=O) groups is 1. The Morgan fingerprint density at radius 1 is 1.07 bits per heavy atom. The van der Waals surface area contributed by atoms with Gasteiger partial charge in [0.1, 0.15) is 24.7 Å². The van der Waals surface area contributed by atoms with Crippen LogP contribution >= 0.6 is 31.9 Å². The number of amides is 1. The third-order valence-corrected chi connectivity index (χ3v) is 7.40. The molecule has 40 heavy (non-hydrogen) atoms. The van der Waals surface area contributed by atoms with Gasteiger partial charge >= 0.3 is 0 Å². The molecule has 3 aromatic carbocycles. The summed E-state index contributed by atoms with van der Waals surface area (Å²) >= 11 is 7.17. The molecule has 9 nitrogen and oxygen atoms in total. The maximum absolute atomic E-state index is 13.8. The minimum atomic E-state index is -0.595. The Morgan fingerprint density at radius 3 is 2.67 bits per heavy atom. The maximum atomic E-state index is 13.8. The highest BCUT2D eigenvalue weighted by Crippen LogP contribution is 2.43. The molecule has 0 saturated heterocycles. The van der Waals surface area contributed by atoms with Crippen LogP contribution in [-0.4, -0.2) is 34.4 Å². The fourth-order valence-electron chi connectivity index (χ4n) is 4.55. The van der Waals surface area contributed by atoms with Gasteiger partial charge in [0.2, 0.25) is 5.95 Å². The van der Waals surface area contributed by atoms with Gasteiger partial charge in [0.05, 0.1) is 29.4 Å². The first-order valence-electron chi connectivity index (χ1n) is 12.5. The molecule has 0 radical (unpaired) electrons. The predicted octanol–water partition coefficient (Wildman–Crippen LogP) is 6.72. The SMILES string of the molecule is CCOc1ccccc1NC(=O)C1=C(C)Nc2ncnn2C1c1cc(Br)c(OCc2cccc(Br)c2)c(OC)c1. The molecule has 1 aromatic heterocycles. The summed E-state index contributed by atoms with van der Waals surface area (Å²) in [5.41, 5.74) is 3.47. The number of nitrogens with one attached hydrogen (secondary N) is 2. The van der Waals surface area contributed by atoms with E-state index in [0.717, 1.165) is 15.6 Å². The van der Waals surface area contributed by atoms with Crippen LogP contribution in [0, 0.1) is 0 Å². The molecule has 1 aliphatic heterocycles. The van der Waals surface area contributed by atoms with Gasteiger partial charge < -0.3 is 24.8 Å². The molecule has 0 fully saturated rings. The van der Waals surface area contributed by atoms with E-state index in [0.29, 0.717) is 57.8 Å². The van der Waals surface area contributed by atoms with Gasteiger partial charge in [-0.25, -0.2) is 4.68 Å². The molecule has 0 aliphatic carbocycles. The molecule has 1 aliphatic rings.